The van der Waals surface area contributed by atoms with Crippen LogP contribution in [0.2, 0.25) is 0 Å². The molecular formula is C39H48N3O10PS. The molecule has 0 radical (unpaired) electrons. The second-order valence-electron chi connectivity index (χ2n) is 13.7. The number of carbonyl (C=O) groups excluding carboxylic acids is 1. The minimum Gasteiger partial charge on any atom is -0.497 e. The molecule has 0 spiro atoms. The molecule has 3 N–H and O–H groups in total. The molecule has 13 nitrogen and oxygen atoms in total. The fourth-order valence-corrected chi connectivity index (χ4v) is 7.80. The Morgan fingerprint density at radius 3 is 2.07 bits per heavy atom. The highest BCUT2D eigenvalue weighted by atomic mass is 32.2. The van der Waals surface area contributed by atoms with Crippen molar-refractivity contribution in [1.82, 2.24) is 9.55 Å². The molecule has 2 unspecified atom stereocenters. The van der Waals surface area contributed by atoms with Gasteiger partial charge in [-0.2, -0.15) is 4.98 Å². The Balaban J connectivity index is 1.36. The Morgan fingerprint density at radius 2 is 1.54 bits per heavy atom. The molecular weight excluding hydrogens is 733 g/mol. The number of anilines is 1. The van der Waals surface area contributed by atoms with Gasteiger partial charge in [0.25, 0.3) is 0 Å². The number of hydrogen-bond donors (Lipinski definition) is 3. The maximum absolute atomic E-state index is 13.7. The van der Waals surface area contributed by atoms with E-state index >= 15 is 0 Å². The van der Waals surface area contributed by atoms with Crippen molar-refractivity contribution >= 4 is 30.9 Å². The van der Waals surface area contributed by atoms with Crippen molar-refractivity contribution in [3.05, 3.63) is 118 Å². The van der Waals surface area contributed by atoms with E-state index in [1.807, 2.05) is 99.6 Å². The Hall–Kier alpha value is -4.01. The number of nitrogens with zero attached hydrogens (tertiary/aromatic N) is 2. The second kappa shape index (κ2) is 17.6. The quantitative estimate of drug-likeness (QED) is 0.0670. The predicted octanol–water partition coefficient (Wildman–Crippen LogP) is 5.79. The summed E-state index contributed by atoms with van der Waals surface area (Å²) in [5.41, 5.74) is -1.72. The summed E-state index contributed by atoms with van der Waals surface area (Å²) in [6, 6.07) is 26.5. The van der Waals surface area contributed by atoms with Crippen LogP contribution in [0, 0.1) is 5.41 Å². The van der Waals surface area contributed by atoms with Crippen molar-refractivity contribution in [2.24, 2.45) is 5.41 Å². The number of aliphatic hydroxyl groups excluding tert-OH is 1. The maximum Gasteiger partial charge on any atom is 0.351 e. The largest absolute Gasteiger partial charge is 0.497 e. The lowest BCUT2D eigenvalue weighted by Crippen LogP contribution is -2.46. The summed E-state index contributed by atoms with van der Waals surface area (Å²) >= 11 is 1.10. The number of aromatic nitrogens is 2. The van der Waals surface area contributed by atoms with E-state index in [-0.39, 0.29) is 24.1 Å². The highest BCUT2D eigenvalue weighted by Crippen LogP contribution is 2.42. The summed E-state index contributed by atoms with van der Waals surface area (Å²) in [7, 11) is 0.177. The summed E-state index contributed by atoms with van der Waals surface area (Å²) in [4.78, 5) is 30.4. The molecule has 4 aromatic rings. The summed E-state index contributed by atoms with van der Waals surface area (Å²) in [6.07, 6.45) is -1.90. The number of thioether (sulfide) groups is 1. The first-order valence-corrected chi connectivity index (χ1v) is 19.7. The van der Waals surface area contributed by atoms with Gasteiger partial charge in [-0.25, -0.2) is 4.79 Å². The first kappa shape index (κ1) is 41.2. The Bertz CT molecular complexity index is 1890. The van der Waals surface area contributed by atoms with E-state index in [0.29, 0.717) is 23.7 Å². The Morgan fingerprint density at radius 1 is 0.963 bits per heavy atom. The zero-order valence-electron chi connectivity index (χ0n) is 31.2. The summed E-state index contributed by atoms with van der Waals surface area (Å²) in [5, 5.41) is 25.9. The van der Waals surface area contributed by atoms with Gasteiger partial charge >= 0.3 is 13.9 Å². The van der Waals surface area contributed by atoms with Gasteiger partial charge in [-0.15, -0.1) is 0 Å². The van der Waals surface area contributed by atoms with Crippen LogP contribution in [0.3, 0.4) is 0 Å². The van der Waals surface area contributed by atoms with Crippen LogP contribution in [-0.4, -0.2) is 75.9 Å². The summed E-state index contributed by atoms with van der Waals surface area (Å²) in [5.74, 6) is 1.86. The fourth-order valence-electron chi connectivity index (χ4n) is 6.11. The molecule has 54 heavy (non-hydrogen) atoms. The van der Waals surface area contributed by atoms with Gasteiger partial charge in [0, 0.05) is 17.4 Å². The first-order valence-electron chi connectivity index (χ1n) is 17.5. The van der Waals surface area contributed by atoms with E-state index in [4.69, 9.17) is 23.3 Å². The zero-order chi connectivity index (χ0) is 39.1. The average molecular weight is 782 g/mol. The Kier molecular flexibility index (Phi) is 13.4. The molecule has 2 heterocycles. The fraction of sp³-hybridized carbons (Fsp3) is 0.410. The molecule has 0 bridgehead atoms. The van der Waals surface area contributed by atoms with Crippen molar-refractivity contribution in [3.63, 3.8) is 0 Å². The minimum atomic E-state index is -3.01. The highest BCUT2D eigenvalue weighted by molar-refractivity contribution is 8.13. The van der Waals surface area contributed by atoms with Gasteiger partial charge in [-0.1, -0.05) is 87.1 Å². The van der Waals surface area contributed by atoms with E-state index in [1.54, 1.807) is 20.3 Å². The van der Waals surface area contributed by atoms with Crippen molar-refractivity contribution < 1.29 is 42.8 Å². The molecule has 1 aliphatic rings. The number of hydrogen-bond acceptors (Lipinski definition) is 13. The predicted molar refractivity (Wildman–Crippen MR) is 207 cm³/mol. The van der Waals surface area contributed by atoms with Crippen LogP contribution < -0.4 is 20.5 Å². The third-order valence-electron chi connectivity index (χ3n) is 9.74. The second-order valence-corrected chi connectivity index (χ2v) is 15.8. The van der Waals surface area contributed by atoms with Gasteiger partial charge in [-0.05, 0) is 60.4 Å². The summed E-state index contributed by atoms with van der Waals surface area (Å²) < 4.78 is 40.9. The highest BCUT2D eigenvalue weighted by Gasteiger charge is 2.53. The molecule has 5 rings (SSSR count). The van der Waals surface area contributed by atoms with Crippen molar-refractivity contribution in [2.75, 3.05) is 38.5 Å². The number of aliphatic hydroxyl groups is 2. The Labute approximate surface area is 319 Å². The van der Waals surface area contributed by atoms with Crippen molar-refractivity contribution in [1.29, 1.82) is 0 Å². The van der Waals surface area contributed by atoms with Gasteiger partial charge in [0.05, 0.1) is 27.4 Å². The zero-order valence-corrected chi connectivity index (χ0v) is 33.0. The van der Waals surface area contributed by atoms with E-state index in [1.165, 1.54) is 13.1 Å². The number of rotatable bonds is 17. The monoisotopic (exact) mass is 781 g/mol. The van der Waals surface area contributed by atoms with E-state index in [9.17, 15) is 24.4 Å². The van der Waals surface area contributed by atoms with Gasteiger partial charge in [-0.3, -0.25) is 13.9 Å². The third kappa shape index (κ3) is 8.92. The molecule has 1 aromatic heterocycles. The first-order chi connectivity index (χ1) is 25.8. The lowest BCUT2D eigenvalue weighted by atomic mass is 9.77. The number of methoxy groups -OCH3 is 2. The average Bonchev–Trinajstić information content (AvgIpc) is 3.41. The summed E-state index contributed by atoms with van der Waals surface area (Å²) in [6.45, 7) is 6.64. The molecule has 1 aliphatic heterocycles. The van der Waals surface area contributed by atoms with Crippen LogP contribution in [0.4, 0.5) is 5.82 Å². The molecule has 0 aliphatic carbocycles. The van der Waals surface area contributed by atoms with Crippen LogP contribution in [0.5, 0.6) is 11.5 Å². The topological polar surface area (TPSA) is 168 Å². The molecule has 5 atom stereocenters. The number of benzene rings is 3. The lowest BCUT2D eigenvalue weighted by molar-refractivity contribution is -0.118. The maximum atomic E-state index is 13.7. The van der Waals surface area contributed by atoms with Crippen LogP contribution >= 0.6 is 20.0 Å². The molecule has 0 saturated carbocycles. The molecule has 0 amide bonds. The van der Waals surface area contributed by atoms with E-state index < -0.39 is 48.9 Å². The van der Waals surface area contributed by atoms with E-state index in [0.717, 1.165) is 33.0 Å². The molecule has 3 aromatic carbocycles. The molecule has 15 heteroatoms. The standard InChI is InChI=1S/C39H48N3O10PS/c1-7-37(2,3)35(44)54-24-23-50-53(47)51-25-31-33(43)38(4,46)34(52-31)42-22-21-32(40-36(42)45)41-39(26-11-9-8-10-12-26,27-13-17-29(48-5)18-14-27)28-15-19-30(49-6)20-16-28/h8-22,31,33-34,43,46,53H,7,23-25H2,1-6H3,(H,40,41,45)/t31-,33+,34-,38?/m1/s1. The SMILES string of the molecule is CCC(C)(C)C(=O)SCCO[PH](=O)OC[C@H]1O[C@@H](n2ccc(NC(c3ccccc3)(c3ccc(OC)cc3)c3ccc(OC)cc3)nc2=O)C(C)(O)[C@H]1O. The van der Waals surface area contributed by atoms with Crippen molar-refractivity contribution in [3.8, 4) is 11.5 Å². The van der Waals surface area contributed by atoms with E-state index in [2.05, 4.69) is 10.3 Å². The van der Waals surface area contributed by atoms with Gasteiger partial charge < -0.3 is 38.8 Å². The molecule has 1 fully saturated rings. The van der Waals surface area contributed by atoms with Crippen molar-refractivity contribution in [2.45, 2.75) is 63.7 Å². The minimum absolute atomic E-state index is 0.0171. The molecule has 1 saturated heterocycles. The number of nitrogens with one attached hydrogen (secondary N) is 1. The van der Waals surface area contributed by atoms with Crippen LogP contribution in [0.15, 0.2) is 95.9 Å². The van der Waals surface area contributed by atoms with Crippen LogP contribution in [0.1, 0.15) is 57.0 Å². The molecule has 290 valence electrons. The van der Waals surface area contributed by atoms with Crippen LogP contribution in [-0.2, 0) is 28.7 Å². The normalized spacial score (nSPS) is 20.7. The van der Waals surface area contributed by atoms with Crippen LogP contribution in [0.25, 0.3) is 0 Å². The number of carbonyl (C=O) groups is 1. The smallest absolute Gasteiger partial charge is 0.351 e. The third-order valence-corrected chi connectivity index (χ3v) is 11.8. The number of ether oxygens (including phenoxy) is 3. The van der Waals surface area contributed by atoms with Gasteiger partial charge in [0.15, 0.2) is 11.3 Å². The van der Waals surface area contributed by atoms with Gasteiger partial charge in [0.1, 0.15) is 40.7 Å². The van der Waals surface area contributed by atoms with Gasteiger partial charge in [0.2, 0.25) is 0 Å². The lowest BCUT2D eigenvalue weighted by Gasteiger charge is -2.37.